The lowest BCUT2D eigenvalue weighted by molar-refractivity contribution is 0.197. The van der Waals surface area contributed by atoms with Gasteiger partial charge in [-0.2, -0.15) is 0 Å². The summed E-state index contributed by atoms with van der Waals surface area (Å²) < 4.78 is 4.82. The minimum Gasteiger partial charge on any atom is -0.502 e. The van der Waals surface area contributed by atoms with Gasteiger partial charge in [-0.25, -0.2) is 5.11 Å². The Morgan fingerprint density at radius 2 is 2.38 bits per heavy atom. The van der Waals surface area contributed by atoms with Crippen molar-refractivity contribution >= 4 is 0 Å². The van der Waals surface area contributed by atoms with Crippen LogP contribution < -0.4 is 0 Å². The van der Waals surface area contributed by atoms with Gasteiger partial charge >= 0.3 is 0 Å². The average Bonchev–Trinajstić information content (AvgIpc) is 1.81. The molecule has 0 aliphatic carbocycles. The summed E-state index contributed by atoms with van der Waals surface area (Å²) in [6.07, 6.45) is 3.87. The maximum atomic E-state index is 9.79. The van der Waals surface area contributed by atoms with Crippen LogP contribution in [-0.2, 0) is 9.84 Å². The molecule has 0 saturated heterocycles. The van der Waals surface area contributed by atoms with E-state index in [1.165, 1.54) is 0 Å². The van der Waals surface area contributed by atoms with E-state index < -0.39 is 0 Å². The Bertz CT molecular complexity index is 51.5. The number of hydrogen-bond acceptors (Lipinski definition) is 1. The lowest BCUT2D eigenvalue weighted by Crippen LogP contribution is -1.78. The largest absolute Gasteiger partial charge is 0.502 e. The molecule has 0 bridgehead atoms. The molecule has 2 nitrogen and oxygen atoms in total. The Labute approximate surface area is 49.8 Å². The minimum atomic E-state index is -0.0520. The highest BCUT2D eigenvalue weighted by Gasteiger charge is 1.73. The van der Waals surface area contributed by atoms with Crippen LogP contribution in [0.1, 0.15) is 13.3 Å². The fourth-order valence-corrected chi connectivity index (χ4v) is 0.300. The fraction of sp³-hybridized carbons (Fsp3) is 0.667. The first-order valence-corrected chi connectivity index (χ1v) is 2.76. The summed E-state index contributed by atoms with van der Waals surface area (Å²) in [6, 6.07) is 0. The quantitative estimate of drug-likeness (QED) is 0.508. The van der Waals surface area contributed by atoms with E-state index in [1.807, 2.05) is 6.92 Å². The lowest BCUT2D eigenvalue weighted by Gasteiger charge is -1.89. The van der Waals surface area contributed by atoms with Crippen LogP contribution >= 0.6 is 0 Å². The highest BCUT2D eigenvalue weighted by atomic mass is 16.5. The zero-order valence-corrected chi connectivity index (χ0v) is 5.09. The van der Waals surface area contributed by atoms with Crippen molar-refractivity contribution in [1.82, 2.24) is 0 Å². The van der Waals surface area contributed by atoms with Crippen molar-refractivity contribution in [1.29, 1.82) is 0 Å². The monoisotopic (exact) mass is 115 g/mol. The second-order valence-corrected chi connectivity index (χ2v) is 1.32. The first kappa shape index (κ1) is 7.50. The number of ether oxygens (including phenoxy) is 1. The molecular formula is C6H11O2. The molecule has 2 heteroatoms. The SMILES string of the molecule is CCOC=CCC[O]. The molecule has 0 aliphatic rings. The summed E-state index contributed by atoms with van der Waals surface area (Å²) >= 11 is 0. The molecule has 47 valence electrons. The van der Waals surface area contributed by atoms with Crippen molar-refractivity contribution in [2.45, 2.75) is 13.3 Å². The smallest absolute Gasteiger partial charge is 0.0858 e. The molecule has 0 atom stereocenters. The van der Waals surface area contributed by atoms with Crippen LogP contribution in [0.25, 0.3) is 0 Å². The van der Waals surface area contributed by atoms with Crippen LogP contribution in [0.2, 0.25) is 0 Å². The topological polar surface area (TPSA) is 29.1 Å². The standard InChI is InChI=1S/C6H11O2/c1-2-8-6-4-3-5-7/h4,6H,2-3,5H2,1H3. The Hall–Kier alpha value is -0.500. The highest BCUT2D eigenvalue weighted by Crippen LogP contribution is 1.81. The zero-order valence-electron chi connectivity index (χ0n) is 5.09. The third-order valence-electron chi connectivity index (χ3n) is 0.644. The van der Waals surface area contributed by atoms with Crippen molar-refractivity contribution in [2.24, 2.45) is 0 Å². The Morgan fingerprint density at radius 1 is 1.62 bits per heavy atom. The van der Waals surface area contributed by atoms with E-state index >= 15 is 0 Å². The van der Waals surface area contributed by atoms with Crippen molar-refractivity contribution in [3.8, 4) is 0 Å². The van der Waals surface area contributed by atoms with E-state index in [-0.39, 0.29) is 6.61 Å². The molecule has 0 saturated carbocycles. The molecule has 0 unspecified atom stereocenters. The maximum Gasteiger partial charge on any atom is 0.0858 e. The molecule has 0 rings (SSSR count). The van der Waals surface area contributed by atoms with Gasteiger partial charge in [-0.1, -0.05) is 0 Å². The third kappa shape index (κ3) is 5.50. The second kappa shape index (κ2) is 6.50. The predicted molar refractivity (Wildman–Crippen MR) is 30.9 cm³/mol. The Kier molecular flexibility index (Phi) is 6.09. The van der Waals surface area contributed by atoms with Crippen LogP contribution in [0.4, 0.5) is 0 Å². The van der Waals surface area contributed by atoms with Gasteiger partial charge in [0.25, 0.3) is 0 Å². The summed E-state index contributed by atoms with van der Waals surface area (Å²) in [6.45, 7) is 2.53. The molecule has 8 heavy (non-hydrogen) atoms. The van der Waals surface area contributed by atoms with Crippen molar-refractivity contribution < 1.29 is 9.84 Å². The molecule has 0 spiro atoms. The Balaban J connectivity index is 2.83. The van der Waals surface area contributed by atoms with Crippen LogP contribution in [-0.4, -0.2) is 13.2 Å². The molecule has 0 aromatic rings. The second-order valence-electron chi connectivity index (χ2n) is 1.32. The molecule has 0 aliphatic heterocycles. The third-order valence-corrected chi connectivity index (χ3v) is 0.644. The summed E-state index contributed by atoms with van der Waals surface area (Å²) in [5, 5.41) is 9.79. The molecule has 0 amide bonds. The summed E-state index contributed by atoms with van der Waals surface area (Å²) in [5.74, 6) is 0. The summed E-state index contributed by atoms with van der Waals surface area (Å²) in [5.41, 5.74) is 0. The first-order valence-electron chi connectivity index (χ1n) is 2.76. The van der Waals surface area contributed by atoms with E-state index in [0.717, 1.165) is 0 Å². The molecule has 0 heterocycles. The molecule has 0 aromatic carbocycles. The zero-order chi connectivity index (χ0) is 6.24. The predicted octanol–water partition coefficient (Wildman–Crippen LogP) is 1.36. The molecule has 1 radical (unpaired) electrons. The van der Waals surface area contributed by atoms with E-state index in [1.54, 1.807) is 12.3 Å². The molecule has 0 fully saturated rings. The van der Waals surface area contributed by atoms with E-state index in [2.05, 4.69) is 0 Å². The van der Waals surface area contributed by atoms with Crippen LogP contribution in [0, 0.1) is 0 Å². The van der Waals surface area contributed by atoms with Gasteiger partial charge in [-0.3, -0.25) is 0 Å². The van der Waals surface area contributed by atoms with Crippen molar-refractivity contribution in [3.63, 3.8) is 0 Å². The van der Waals surface area contributed by atoms with Crippen LogP contribution in [0.15, 0.2) is 12.3 Å². The van der Waals surface area contributed by atoms with Gasteiger partial charge in [-0.15, -0.1) is 0 Å². The first-order chi connectivity index (χ1) is 3.91. The Morgan fingerprint density at radius 3 is 2.88 bits per heavy atom. The average molecular weight is 115 g/mol. The van der Waals surface area contributed by atoms with E-state index in [9.17, 15) is 5.11 Å². The summed E-state index contributed by atoms with van der Waals surface area (Å²) in [7, 11) is 0. The van der Waals surface area contributed by atoms with E-state index in [0.29, 0.717) is 13.0 Å². The molecule has 0 N–H and O–H groups in total. The molecular weight excluding hydrogens is 104 g/mol. The fourth-order valence-electron chi connectivity index (χ4n) is 0.300. The van der Waals surface area contributed by atoms with E-state index in [4.69, 9.17) is 4.74 Å². The summed E-state index contributed by atoms with van der Waals surface area (Å²) in [4.78, 5) is 0. The van der Waals surface area contributed by atoms with Gasteiger partial charge in [-0.05, 0) is 19.4 Å². The van der Waals surface area contributed by atoms with Gasteiger partial charge in [0.05, 0.1) is 19.5 Å². The number of hydrogen-bond donors (Lipinski definition) is 0. The van der Waals surface area contributed by atoms with Gasteiger partial charge in [0.15, 0.2) is 0 Å². The van der Waals surface area contributed by atoms with Crippen LogP contribution in [0.5, 0.6) is 0 Å². The normalized spacial score (nSPS) is 10.2. The van der Waals surface area contributed by atoms with Gasteiger partial charge in [0, 0.05) is 0 Å². The van der Waals surface area contributed by atoms with Gasteiger partial charge < -0.3 is 4.74 Å². The van der Waals surface area contributed by atoms with Crippen LogP contribution in [0.3, 0.4) is 0 Å². The van der Waals surface area contributed by atoms with Gasteiger partial charge in [0.1, 0.15) is 0 Å². The molecule has 0 aromatic heterocycles. The maximum absolute atomic E-state index is 9.79. The van der Waals surface area contributed by atoms with Gasteiger partial charge in [0.2, 0.25) is 0 Å². The van der Waals surface area contributed by atoms with Crippen molar-refractivity contribution in [2.75, 3.05) is 13.2 Å². The lowest BCUT2D eigenvalue weighted by atomic mass is 10.4. The van der Waals surface area contributed by atoms with Crippen molar-refractivity contribution in [3.05, 3.63) is 12.3 Å². The number of rotatable bonds is 4. The highest BCUT2D eigenvalue weighted by molar-refractivity contribution is 4.71. The minimum absolute atomic E-state index is 0.0520.